The summed E-state index contributed by atoms with van der Waals surface area (Å²) in [5.41, 5.74) is 25.1. The summed E-state index contributed by atoms with van der Waals surface area (Å²) in [5.74, 6) is 0. The van der Waals surface area contributed by atoms with Crippen molar-refractivity contribution in [2.45, 2.75) is 96.8 Å². The zero-order chi connectivity index (χ0) is 47.5. The van der Waals surface area contributed by atoms with E-state index in [9.17, 15) is 0 Å². The Kier molecular flexibility index (Phi) is 7.78. The summed E-state index contributed by atoms with van der Waals surface area (Å²) in [6.07, 6.45) is 2.32. The minimum absolute atomic E-state index is 0.00702. The van der Waals surface area contributed by atoms with Crippen LogP contribution >= 0.6 is 11.3 Å². The largest absolute Gasteiger partial charge is 0.456 e. The Labute approximate surface area is 413 Å². The van der Waals surface area contributed by atoms with Crippen molar-refractivity contribution in [3.05, 3.63) is 167 Å². The van der Waals surface area contributed by atoms with E-state index in [0.29, 0.717) is 0 Å². The third-order valence-corrected chi connectivity index (χ3v) is 18.4. The number of para-hydroxylation sites is 1. The number of hydrogen-bond acceptors (Lipinski definition) is 4. The Hall–Kier alpha value is -6.89. The molecule has 0 N–H and O–H groups in total. The van der Waals surface area contributed by atoms with E-state index in [1.165, 1.54) is 105 Å². The maximum atomic E-state index is 6.87. The van der Waals surface area contributed by atoms with Gasteiger partial charge in [-0.2, -0.15) is 0 Å². The summed E-state index contributed by atoms with van der Waals surface area (Å²) in [4.78, 5) is 8.17. The zero-order valence-electron chi connectivity index (χ0n) is 41.4. The Balaban J connectivity index is 1.18. The molecular weight excluding hydrogens is 870 g/mol. The van der Waals surface area contributed by atoms with Gasteiger partial charge < -0.3 is 13.8 Å². The van der Waals surface area contributed by atoms with Gasteiger partial charge in [-0.05, 0) is 139 Å². The van der Waals surface area contributed by atoms with Crippen LogP contribution in [0.2, 0.25) is 0 Å². The van der Waals surface area contributed by atoms with E-state index >= 15 is 0 Å². The summed E-state index contributed by atoms with van der Waals surface area (Å²) in [6, 6.07) is 53.2. The van der Waals surface area contributed by atoms with Gasteiger partial charge in [-0.15, -0.1) is 11.3 Å². The van der Waals surface area contributed by atoms with Gasteiger partial charge in [0.2, 0.25) is 0 Å². The van der Waals surface area contributed by atoms with Crippen LogP contribution < -0.4 is 15.7 Å². The minimum Gasteiger partial charge on any atom is -0.456 e. The first-order valence-corrected chi connectivity index (χ1v) is 26.1. The quantitative estimate of drug-likeness (QED) is 0.162. The van der Waals surface area contributed by atoms with Crippen molar-refractivity contribution < 1.29 is 4.42 Å². The van der Waals surface area contributed by atoms with Crippen molar-refractivity contribution in [1.29, 1.82) is 0 Å². The zero-order valence-corrected chi connectivity index (χ0v) is 42.2. The maximum absolute atomic E-state index is 6.87. The molecule has 0 saturated heterocycles. The lowest BCUT2D eigenvalue weighted by Crippen LogP contribution is -2.60. The second kappa shape index (κ2) is 13.3. The molecule has 0 spiro atoms. The molecule has 340 valence electrons. The van der Waals surface area contributed by atoms with Crippen molar-refractivity contribution in [1.82, 2.24) is 9.55 Å². The van der Waals surface area contributed by atoms with E-state index < -0.39 is 0 Å². The summed E-state index contributed by atoms with van der Waals surface area (Å²) in [6.45, 7) is 21.6. The second-order valence-electron chi connectivity index (χ2n) is 23.7. The van der Waals surface area contributed by atoms with E-state index in [1.807, 2.05) is 0 Å². The Morgan fingerprint density at radius 2 is 1.34 bits per heavy atom. The van der Waals surface area contributed by atoms with E-state index in [-0.39, 0.29) is 28.5 Å². The molecule has 2 aliphatic carbocycles. The van der Waals surface area contributed by atoms with Gasteiger partial charge in [-0.3, -0.25) is 0 Å². The van der Waals surface area contributed by atoms with Crippen LogP contribution in [0.3, 0.4) is 0 Å². The number of nitrogens with zero attached hydrogens (tertiary/aromatic N) is 3. The summed E-state index contributed by atoms with van der Waals surface area (Å²) in [7, 11) is 0. The fourth-order valence-electron chi connectivity index (χ4n) is 13.7. The Morgan fingerprint density at radius 3 is 2.11 bits per heavy atom. The molecule has 4 nitrogen and oxygen atoms in total. The van der Waals surface area contributed by atoms with Crippen molar-refractivity contribution in [3.8, 4) is 38.5 Å². The molecule has 0 unspecified atom stereocenters. The Bertz CT molecular complexity index is 4140. The average Bonchev–Trinajstić information content (AvgIpc) is 4.09. The highest BCUT2D eigenvalue weighted by Crippen LogP contribution is 2.60. The van der Waals surface area contributed by atoms with Crippen LogP contribution in [0.15, 0.2) is 144 Å². The monoisotopic (exact) mass is 923 g/mol. The molecule has 0 radical (unpaired) electrons. The van der Waals surface area contributed by atoms with Crippen molar-refractivity contribution in [2.75, 3.05) is 4.81 Å². The number of rotatable bonds is 2. The summed E-state index contributed by atoms with van der Waals surface area (Å²) >= 11 is 1.81. The van der Waals surface area contributed by atoms with Crippen LogP contribution in [0.1, 0.15) is 103 Å². The maximum Gasteiger partial charge on any atom is 0.333 e. The van der Waals surface area contributed by atoms with Gasteiger partial charge in [0.1, 0.15) is 16.2 Å². The summed E-state index contributed by atoms with van der Waals surface area (Å²) < 4.78 is 10.8. The molecule has 3 aromatic heterocycles. The second-order valence-corrected chi connectivity index (χ2v) is 24.8. The van der Waals surface area contributed by atoms with E-state index in [4.69, 9.17) is 9.40 Å². The highest BCUT2D eigenvalue weighted by atomic mass is 32.1. The van der Waals surface area contributed by atoms with E-state index in [1.54, 1.807) is 11.3 Å². The average molecular weight is 924 g/mol. The number of thiazole rings is 1. The molecule has 6 heteroatoms. The fraction of sp³-hybridized carbons (Fsp3) is 0.234. The summed E-state index contributed by atoms with van der Waals surface area (Å²) in [5, 5.41) is 6.08. The van der Waals surface area contributed by atoms with E-state index in [0.717, 1.165) is 50.9 Å². The smallest absolute Gasteiger partial charge is 0.333 e. The molecule has 15 rings (SSSR count). The molecule has 2 aliphatic heterocycles. The highest BCUT2D eigenvalue weighted by Gasteiger charge is 2.51. The molecule has 0 saturated carbocycles. The van der Waals surface area contributed by atoms with Gasteiger partial charge in [0.25, 0.3) is 0 Å². The number of aromatic nitrogens is 2. The molecule has 5 heterocycles. The van der Waals surface area contributed by atoms with Crippen LogP contribution in [0.5, 0.6) is 0 Å². The number of furan rings is 1. The van der Waals surface area contributed by atoms with Crippen LogP contribution in [0, 0.1) is 0 Å². The molecule has 0 atom stereocenters. The molecule has 11 aromatic rings. The number of anilines is 2. The van der Waals surface area contributed by atoms with Crippen LogP contribution in [-0.2, 0) is 21.7 Å². The third kappa shape index (κ3) is 5.20. The fourth-order valence-corrected chi connectivity index (χ4v) is 14.6. The molecule has 0 amide bonds. The van der Waals surface area contributed by atoms with Gasteiger partial charge in [0.15, 0.2) is 0 Å². The topological polar surface area (TPSA) is 34.2 Å². The number of benzene rings is 8. The standard InChI is InChI=1S/C64H54BN3OS/c1-61(2,3)36-23-25-37(26-24-36)68-49-30-40-38-19-14-16-22-51(38)69-52(40)31-42(49)55-54-39-20-13-15-21-43(39)64(8,9)57(54)56-41-29-44-45(63(6,7)28-27-62(44,4)5)32-48(41)67-50-34-53-47(33-46(50)65(68)58(55)59(56)67)66-60(70-53)35-17-11-10-12-18-35/h10-26,29-34H,27-28H2,1-9H3. The van der Waals surface area contributed by atoms with Crippen molar-refractivity contribution in [3.63, 3.8) is 0 Å². The number of hydrogen-bond donors (Lipinski definition) is 0. The lowest BCUT2D eigenvalue weighted by Gasteiger charge is -2.43. The molecular formula is C64H54BN3OS. The Morgan fingerprint density at radius 1 is 0.629 bits per heavy atom. The van der Waals surface area contributed by atoms with Gasteiger partial charge in [-0.1, -0.05) is 147 Å². The molecule has 4 aliphatic rings. The van der Waals surface area contributed by atoms with Crippen molar-refractivity contribution in [2.24, 2.45) is 0 Å². The van der Waals surface area contributed by atoms with Gasteiger partial charge in [0.05, 0.1) is 21.3 Å². The van der Waals surface area contributed by atoms with E-state index in [2.05, 4.69) is 211 Å². The molecule has 0 bridgehead atoms. The van der Waals surface area contributed by atoms with Gasteiger partial charge in [-0.25, -0.2) is 4.98 Å². The minimum atomic E-state index is -0.281. The highest BCUT2D eigenvalue weighted by molar-refractivity contribution is 7.21. The first-order chi connectivity index (χ1) is 33.6. The molecule has 70 heavy (non-hydrogen) atoms. The predicted molar refractivity (Wildman–Crippen MR) is 297 cm³/mol. The van der Waals surface area contributed by atoms with Gasteiger partial charge in [0, 0.05) is 55.1 Å². The van der Waals surface area contributed by atoms with Gasteiger partial charge >= 0.3 is 6.85 Å². The van der Waals surface area contributed by atoms with Crippen LogP contribution in [0.4, 0.5) is 11.4 Å². The molecule has 8 aromatic carbocycles. The third-order valence-electron chi connectivity index (χ3n) is 17.4. The van der Waals surface area contributed by atoms with Crippen molar-refractivity contribution >= 4 is 94.4 Å². The lowest BCUT2D eigenvalue weighted by molar-refractivity contribution is 0.332. The first-order valence-electron chi connectivity index (χ1n) is 25.3. The normalized spacial score (nSPS) is 16.8. The van der Waals surface area contributed by atoms with Crippen LogP contribution in [-0.4, -0.2) is 16.4 Å². The first kappa shape index (κ1) is 40.9. The van der Waals surface area contributed by atoms with Crippen LogP contribution in [0.25, 0.3) is 92.5 Å². The SMILES string of the molecule is CC(C)(C)c1ccc(N2B3c4cc5nc(-c6ccccc6)sc5cc4-n4c5cc6c(cc5c5c7c(c(c3c54)-c3cc4oc5ccccc5c4cc32)-c2ccccc2C7(C)C)C(C)(C)CCC6(C)C)cc1. The molecule has 0 fully saturated rings. The lowest BCUT2D eigenvalue weighted by atomic mass is 9.43. The number of fused-ring (bicyclic) bond motifs is 18. The predicted octanol–water partition coefficient (Wildman–Crippen LogP) is 16.2.